The maximum absolute atomic E-state index is 8.96. The number of rotatable bonds is 1. The molecule has 2 heteroatoms. The Labute approximate surface area is 77.5 Å². The van der Waals surface area contributed by atoms with Crippen LogP contribution in [0.5, 0.6) is 0 Å². The van der Waals surface area contributed by atoms with Gasteiger partial charge in [-0.15, -0.1) is 0 Å². The Balaban J connectivity index is 2.07. The van der Waals surface area contributed by atoms with E-state index < -0.39 is 0 Å². The Morgan fingerprint density at radius 3 is 2.69 bits per heavy atom. The largest absolute Gasteiger partial charge is 0.317 e. The Bertz CT molecular complexity index is 335. The summed E-state index contributed by atoms with van der Waals surface area (Å²) in [6.45, 7) is 0. The van der Waals surface area contributed by atoms with Gasteiger partial charge in [0.1, 0.15) is 0 Å². The van der Waals surface area contributed by atoms with E-state index in [9.17, 15) is 0 Å². The molecule has 0 aromatic heterocycles. The van der Waals surface area contributed by atoms with Gasteiger partial charge in [0.15, 0.2) is 0 Å². The van der Waals surface area contributed by atoms with E-state index in [1.54, 1.807) is 0 Å². The number of benzene rings is 1. The maximum Gasteiger partial charge on any atom is 0.0394 e. The van der Waals surface area contributed by atoms with Gasteiger partial charge in [-0.05, 0) is 29.9 Å². The first-order valence-corrected chi connectivity index (χ1v) is 4.88. The summed E-state index contributed by atoms with van der Waals surface area (Å²) in [5, 5.41) is 8.96. The average Bonchev–Trinajstić information content (AvgIpc) is 2.75. The molecule has 3 atom stereocenters. The zero-order valence-electron chi connectivity index (χ0n) is 7.40. The molecule has 68 valence electrons. The minimum atomic E-state index is 0.292. The van der Waals surface area contributed by atoms with Crippen LogP contribution in [0.1, 0.15) is 35.8 Å². The van der Waals surface area contributed by atoms with Gasteiger partial charge in [-0.25, -0.2) is 5.48 Å². The van der Waals surface area contributed by atoms with Crippen LogP contribution in [0.2, 0.25) is 0 Å². The molecule has 1 fully saturated rings. The zero-order valence-corrected chi connectivity index (χ0v) is 7.40. The summed E-state index contributed by atoms with van der Waals surface area (Å²) >= 11 is 0. The molecule has 1 saturated carbocycles. The first kappa shape index (κ1) is 7.54. The second kappa shape index (κ2) is 2.56. The van der Waals surface area contributed by atoms with E-state index in [1.165, 1.54) is 17.5 Å². The lowest BCUT2D eigenvalue weighted by atomic mass is 9.89. The minimum absolute atomic E-state index is 0.292. The summed E-state index contributed by atoms with van der Waals surface area (Å²) in [7, 11) is 0. The third-order valence-corrected chi connectivity index (χ3v) is 3.56. The Morgan fingerprint density at radius 2 is 1.92 bits per heavy atom. The highest BCUT2D eigenvalue weighted by Crippen LogP contribution is 2.52. The number of nitrogens with one attached hydrogen (secondary N) is 1. The third kappa shape index (κ3) is 0.901. The van der Waals surface area contributed by atoms with Crippen molar-refractivity contribution in [2.24, 2.45) is 0 Å². The predicted molar refractivity (Wildman–Crippen MR) is 49.9 cm³/mol. The first-order valence-electron chi connectivity index (χ1n) is 4.88. The third-order valence-electron chi connectivity index (χ3n) is 3.56. The predicted octanol–water partition coefficient (Wildman–Crippen LogP) is 2.01. The van der Waals surface area contributed by atoms with Gasteiger partial charge in [-0.1, -0.05) is 24.3 Å². The lowest BCUT2D eigenvalue weighted by molar-refractivity contribution is 0.118. The molecule has 0 unspecified atom stereocenters. The summed E-state index contributed by atoms with van der Waals surface area (Å²) in [4.78, 5) is 0. The van der Waals surface area contributed by atoms with Crippen LogP contribution in [0.4, 0.5) is 0 Å². The van der Waals surface area contributed by atoms with Crippen LogP contribution in [0.3, 0.4) is 0 Å². The van der Waals surface area contributed by atoms with E-state index in [1.807, 2.05) is 0 Å². The monoisotopic (exact) mass is 175 g/mol. The van der Waals surface area contributed by atoms with Crippen LogP contribution in [-0.2, 0) is 0 Å². The van der Waals surface area contributed by atoms with Crippen molar-refractivity contribution in [1.29, 1.82) is 0 Å². The van der Waals surface area contributed by atoms with Crippen LogP contribution >= 0.6 is 0 Å². The highest BCUT2D eigenvalue weighted by atomic mass is 16.5. The fraction of sp³-hybridized carbons (Fsp3) is 0.455. The van der Waals surface area contributed by atoms with Gasteiger partial charge in [0.25, 0.3) is 0 Å². The summed E-state index contributed by atoms with van der Waals surface area (Å²) in [6, 6.07) is 8.92. The molecule has 0 amide bonds. The summed E-state index contributed by atoms with van der Waals surface area (Å²) < 4.78 is 0. The number of hydroxylamine groups is 1. The molecular weight excluding hydrogens is 162 g/mol. The van der Waals surface area contributed by atoms with E-state index in [0.717, 1.165) is 6.42 Å². The van der Waals surface area contributed by atoms with E-state index in [2.05, 4.69) is 29.7 Å². The van der Waals surface area contributed by atoms with Gasteiger partial charge in [0, 0.05) is 12.0 Å². The molecule has 13 heavy (non-hydrogen) atoms. The Hall–Kier alpha value is -0.860. The molecule has 1 aromatic rings. The lowest BCUT2D eigenvalue weighted by Crippen LogP contribution is -2.30. The normalized spacial score (nSPS) is 35.0. The van der Waals surface area contributed by atoms with Crippen LogP contribution in [0.25, 0.3) is 0 Å². The number of fused-ring (bicyclic) bond motifs is 5. The van der Waals surface area contributed by atoms with Crippen molar-refractivity contribution in [3.8, 4) is 0 Å². The molecule has 0 radical (unpaired) electrons. The molecule has 2 nitrogen and oxygen atoms in total. The smallest absolute Gasteiger partial charge is 0.0394 e. The number of hydrogen-bond acceptors (Lipinski definition) is 2. The molecule has 0 heterocycles. The second-order valence-electron chi connectivity index (χ2n) is 4.14. The lowest BCUT2D eigenvalue weighted by Gasteiger charge is -2.22. The molecule has 2 aliphatic carbocycles. The molecule has 0 aliphatic heterocycles. The SMILES string of the molecule is ON[C@H]1C[C@H]2C[C@H]1c1ccccc12. The van der Waals surface area contributed by atoms with Crippen LogP contribution in [-0.4, -0.2) is 11.2 Å². The van der Waals surface area contributed by atoms with Crippen molar-refractivity contribution in [3.05, 3.63) is 35.4 Å². The van der Waals surface area contributed by atoms with E-state index in [0.29, 0.717) is 17.9 Å². The van der Waals surface area contributed by atoms with Gasteiger partial charge in [0.2, 0.25) is 0 Å². The Morgan fingerprint density at radius 1 is 1.15 bits per heavy atom. The fourth-order valence-electron chi connectivity index (χ4n) is 3.00. The molecule has 2 N–H and O–H groups in total. The molecular formula is C11H13NO. The molecule has 0 spiro atoms. The van der Waals surface area contributed by atoms with Crippen LogP contribution in [0, 0.1) is 0 Å². The van der Waals surface area contributed by atoms with Crippen molar-refractivity contribution in [2.75, 3.05) is 0 Å². The quantitative estimate of drug-likeness (QED) is 0.640. The van der Waals surface area contributed by atoms with E-state index in [4.69, 9.17) is 5.21 Å². The van der Waals surface area contributed by atoms with Gasteiger partial charge >= 0.3 is 0 Å². The second-order valence-corrected chi connectivity index (χ2v) is 4.14. The fourth-order valence-corrected chi connectivity index (χ4v) is 3.00. The number of hydrogen-bond donors (Lipinski definition) is 2. The van der Waals surface area contributed by atoms with E-state index >= 15 is 0 Å². The summed E-state index contributed by atoms with van der Waals surface area (Å²) in [5.41, 5.74) is 5.40. The van der Waals surface area contributed by atoms with Gasteiger partial charge in [0.05, 0.1) is 0 Å². The molecule has 3 rings (SSSR count). The summed E-state index contributed by atoms with van der Waals surface area (Å²) in [6.07, 6.45) is 2.32. The Kier molecular flexibility index (Phi) is 1.49. The van der Waals surface area contributed by atoms with Crippen LogP contribution < -0.4 is 5.48 Å². The summed E-state index contributed by atoms with van der Waals surface area (Å²) in [5.74, 6) is 1.23. The van der Waals surface area contributed by atoms with Crippen LogP contribution in [0.15, 0.2) is 24.3 Å². The maximum atomic E-state index is 8.96. The van der Waals surface area contributed by atoms with E-state index in [-0.39, 0.29) is 0 Å². The van der Waals surface area contributed by atoms with Gasteiger partial charge in [-0.3, -0.25) is 0 Å². The first-order chi connectivity index (χ1) is 6.40. The zero-order chi connectivity index (χ0) is 8.84. The van der Waals surface area contributed by atoms with Crippen molar-refractivity contribution >= 4 is 0 Å². The standard InChI is InChI=1S/C11H13NO/c13-12-11-6-7-5-10(11)9-4-2-1-3-8(7)9/h1-4,7,10-13H,5-6H2/t7-,10+,11+/m1/s1. The molecule has 2 aliphatic rings. The molecule has 1 aromatic carbocycles. The highest BCUT2D eigenvalue weighted by Gasteiger charge is 2.43. The highest BCUT2D eigenvalue weighted by molar-refractivity contribution is 5.42. The van der Waals surface area contributed by atoms with Crippen molar-refractivity contribution in [1.82, 2.24) is 5.48 Å². The van der Waals surface area contributed by atoms with Crippen molar-refractivity contribution in [3.63, 3.8) is 0 Å². The van der Waals surface area contributed by atoms with Gasteiger partial charge < -0.3 is 5.21 Å². The van der Waals surface area contributed by atoms with Crippen molar-refractivity contribution < 1.29 is 5.21 Å². The topological polar surface area (TPSA) is 32.3 Å². The minimum Gasteiger partial charge on any atom is -0.317 e. The van der Waals surface area contributed by atoms with Crippen molar-refractivity contribution in [2.45, 2.75) is 30.7 Å². The van der Waals surface area contributed by atoms with Gasteiger partial charge in [-0.2, -0.15) is 0 Å². The molecule has 0 saturated heterocycles. The average molecular weight is 175 g/mol. The molecule has 2 bridgehead atoms.